The smallest absolute Gasteiger partial charge is 0.244 e. The normalized spacial score (nSPS) is 11.6. The van der Waals surface area contributed by atoms with E-state index in [0.717, 1.165) is 0 Å². The largest absolute Gasteiger partial charge is 0.347 e. The van der Waals surface area contributed by atoms with E-state index in [1.54, 1.807) is 31.0 Å². The summed E-state index contributed by atoms with van der Waals surface area (Å²) in [5.74, 6) is 0.530. The quantitative estimate of drug-likeness (QED) is 0.826. The number of sulfonamides is 1. The number of aromatic nitrogens is 4. The van der Waals surface area contributed by atoms with Gasteiger partial charge in [-0.05, 0) is 19.9 Å². The third-order valence-electron chi connectivity index (χ3n) is 2.87. The summed E-state index contributed by atoms with van der Waals surface area (Å²) < 4.78 is 27.1. The minimum Gasteiger partial charge on any atom is -0.347 e. The second kappa shape index (κ2) is 5.78. The molecule has 0 aliphatic heterocycles. The van der Waals surface area contributed by atoms with Crippen molar-refractivity contribution in [3.63, 3.8) is 0 Å². The van der Waals surface area contributed by atoms with Crippen LogP contribution in [0, 0.1) is 13.8 Å². The molecule has 9 heteroatoms. The molecule has 0 unspecified atom stereocenters. The highest BCUT2D eigenvalue weighted by Crippen LogP contribution is 2.16. The summed E-state index contributed by atoms with van der Waals surface area (Å²) in [6.07, 6.45) is 1.60. The van der Waals surface area contributed by atoms with Crippen LogP contribution in [0.2, 0.25) is 0 Å². The van der Waals surface area contributed by atoms with Crippen molar-refractivity contribution in [3.05, 3.63) is 29.3 Å². The van der Waals surface area contributed by atoms with Crippen LogP contribution in [0.4, 0.5) is 5.95 Å². The number of hydrogen-bond donors (Lipinski definition) is 2. The Morgan fingerprint density at radius 1 is 1.33 bits per heavy atom. The Hall–Kier alpha value is -2.00. The maximum absolute atomic E-state index is 12.3. The third kappa shape index (κ3) is 3.37. The van der Waals surface area contributed by atoms with Crippen molar-refractivity contribution >= 4 is 16.0 Å². The van der Waals surface area contributed by atoms with E-state index < -0.39 is 10.0 Å². The first-order chi connectivity index (χ1) is 9.81. The topological polar surface area (TPSA) is 104 Å². The van der Waals surface area contributed by atoms with E-state index in [1.807, 2.05) is 14.1 Å². The van der Waals surface area contributed by atoms with Crippen molar-refractivity contribution in [3.8, 4) is 0 Å². The van der Waals surface area contributed by atoms with Gasteiger partial charge >= 0.3 is 0 Å². The van der Waals surface area contributed by atoms with Crippen LogP contribution < -0.4 is 9.62 Å². The number of rotatable bonds is 5. The lowest BCUT2D eigenvalue weighted by Crippen LogP contribution is -2.25. The van der Waals surface area contributed by atoms with Gasteiger partial charge < -0.3 is 4.90 Å². The third-order valence-corrected chi connectivity index (χ3v) is 4.54. The van der Waals surface area contributed by atoms with Gasteiger partial charge in [-0.15, -0.1) is 0 Å². The highest BCUT2D eigenvalue weighted by atomic mass is 32.2. The molecule has 0 saturated carbocycles. The van der Waals surface area contributed by atoms with Gasteiger partial charge in [0.1, 0.15) is 4.90 Å². The van der Waals surface area contributed by atoms with Gasteiger partial charge in [0.2, 0.25) is 16.0 Å². The lowest BCUT2D eigenvalue weighted by molar-refractivity contribution is 0.579. The molecule has 0 fully saturated rings. The Bertz CT molecular complexity index is 718. The van der Waals surface area contributed by atoms with Crippen molar-refractivity contribution in [1.29, 1.82) is 0 Å². The molecule has 0 spiro atoms. The van der Waals surface area contributed by atoms with E-state index >= 15 is 0 Å². The maximum atomic E-state index is 12.3. The van der Waals surface area contributed by atoms with Crippen molar-refractivity contribution in [1.82, 2.24) is 24.9 Å². The van der Waals surface area contributed by atoms with Crippen LogP contribution in [-0.4, -0.2) is 42.7 Å². The molecule has 2 aromatic rings. The van der Waals surface area contributed by atoms with Crippen LogP contribution in [0.25, 0.3) is 0 Å². The van der Waals surface area contributed by atoms with Crippen LogP contribution in [0.5, 0.6) is 0 Å². The number of nitrogens with zero attached hydrogens (tertiary/aromatic N) is 4. The zero-order chi connectivity index (χ0) is 15.6. The van der Waals surface area contributed by atoms with Crippen LogP contribution in [-0.2, 0) is 16.6 Å². The highest BCUT2D eigenvalue weighted by molar-refractivity contribution is 7.89. The van der Waals surface area contributed by atoms with Crippen LogP contribution in [0.3, 0.4) is 0 Å². The number of hydrogen-bond acceptors (Lipinski definition) is 6. The molecule has 0 aliphatic carbocycles. The average molecular weight is 310 g/mol. The molecule has 0 saturated heterocycles. The van der Waals surface area contributed by atoms with E-state index in [4.69, 9.17) is 0 Å². The molecule has 2 rings (SSSR count). The van der Waals surface area contributed by atoms with Gasteiger partial charge in [-0.3, -0.25) is 5.10 Å². The molecule has 8 nitrogen and oxygen atoms in total. The summed E-state index contributed by atoms with van der Waals surface area (Å²) in [6, 6.07) is 1.67. The summed E-state index contributed by atoms with van der Waals surface area (Å²) >= 11 is 0. The van der Waals surface area contributed by atoms with E-state index in [9.17, 15) is 8.42 Å². The van der Waals surface area contributed by atoms with Crippen molar-refractivity contribution < 1.29 is 8.42 Å². The van der Waals surface area contributed by atoms with Gasteiger partial charge in [-0.1, -0.05) is 0 Å². The number of aryl methyl sites for hydroxylation is 2. The summed E-state index contributed by atoms with van der Waals surface area (Å²) in [6.45, 7) is 3.41. The zero-order valence-electron chi connectivity index (χ0n) is 12.4. The molecule has 114 valence electrons. The standard InChI is InChI=1S/C12H18N6O2S/c1-8-11(9(2)17-16-8)21(19,20)14-7-10-5-6-13-12(15-10)18(3)4/h5-6,14H,7H2,1-4H3,(H,16,17). The molecular weight excluding hydrogens is 292 g/mol. The van der Waals surface area contributed by atoms with E-state index in [-0.39, 0.29) is 11.4 Å². The van der Waals surface area contributed by atoms with E-state index in [1.165, 1.54) is 0 Å². The Kier molecular flexibility index (Phi) is 4.24. The first-order valence-corrected chi connectivity index (χ1v) is 7.80. The second-order valence-electron chi connectivity index (χ2n) is 4.83. The number of H-pyrrole nitrogens is 1. The molecule has 0 atom stereocenters. The van der Waals surface area contributed by atoms with Gasteiger partial charge in [0, 0.05) is 20.3 Å². The summed E-state index contributed by atoms with van der Waals surface area (Å²) in [5.41, 5.74) is 1.55. The Morgan fingerprint density at radius 2 is 2.05 bits per heavy atom. The number of nitrogens with one attached hydrogen (secondary N) is 2. The average Bonchev–Trinajstić information content (AvgIpc) is 2.77. The lowest BCUT2D eigenvalue weighted by Gasteiger charge is -2.11. The van der Waals surface area contributed by atoms with Crippen LogP contribution in [0.15, 0.2) is 17.2 Å². The van der Waals surface area contributed by atoms with Crippen LogP contribution in [0.1, 0.15) is 17.1 Å². The van der Waals surface area contributed by atoms with Crippen molar-refractivity contribution in [2.24, 2.45) is 0 Å². The molecule has 2 heterocycles. The minimum absolute atomic E-state index is 0.0930. The molecular formula is C12H18N6O2S. The Balaban J connectivity index is 2.18. The first-order valence-electron chi connectivity index (χ1n) is 6.31. The molecule has 0 aliphatic rings. The molecule has 2 N–H and O–H groups in total. The Labute approximate surface area is 123 Å². The predicted octanol–water partition coefficient (Wildman–Crippen LogP) is 0.361. The van der Waals surface area contributed by atoms with Crippen molar-refractivity contribution in [2.75, 3.05) is 19.0 Å². The van der Waals surface area contributed by atoms with Gasteiger partial charge in [0.25, 0.3) is 0 Å². The van der Waals surface area contributed by atoms with Gasteiger partial charge in [-0.2, -0.15) is 5.10 Å². The fourth-order valence-corrected chi connectivity index (χ4v) is 3.24. The molecule has 0 radical (unpaired) electrons. The fourth-order valence-electron chi connectivity index (χ4n) is 1.88. The number of anilines is 1. The summed E-state index contributed by atoms with van der Waals surface area (Å²) in [5, 5.41) is 6.56. The lowest BCUT2D eigenvalue weighted by atomic mass is 10.4. The number of aromatic amines is 1. The van der Waals surface area contributed by atoms with E-state index in [2.05, 4.69) is 24.9 Å². The molecule has 0 bridgehead atoms. The molecule has 0 amide bonds. The SMILES string of the molecule is Cc1n[nH]c(C)c1S(=O)(=O)NCc1ccnc(N(C)C)n1. The summed E-state index contributed by atoms with van der Waals surface area (Å²) in [4.78, 5) is 10.3. The second-order valence-corrected chi connectivity index (χ2v) is 6.53. The van der Waals surface area contributed by atoms with Crippen LogP contribution >= 0.6 is 0 Å². The van der Waals surface area contributed by atoms with Gasteiger partial charge in [-0.25, -0.2) is 23.1 Å². The maximum Gasteiger partial charge on any atom is 0.244 e. The van der Waals surface area contributed by atoms with Gasteiger partial charge in [0.05, 0.1) is 23.6 Å². The monoisotopic (exact) mass is 310 g/mol. The van der Waals surface area contributed by atoms with Crippen molar-refractivity contribution in [2.45, 2.75) is 25.3 Å². The zero-order valence-corrected chi connectivity index (χ0v) is 13.2. The predicted molar refractivity (Wildman–Crippen MR) is 78.4 cm³/mol. The minimum atomic E-state index is -3.63. The van der Waals surface area contributed by atoms with E-state index in [0.29, 0.717) is 23.0 Å². The molecule has 0 aromatic carbocycles. The Morgan fingerprint density at radius 3 is 2.62 bits per heavy atom. The summed E-state index contributed by atoms with van der Waals surface area (Å²) in [7, 11) is 0.0145. The fraction of sp³-hybridized carbons (Fsp3) is 0.417. The molecule has 21 heavy (non-hydrogen) atoms. The first kappa shape index (κ1) is 15.4. The van der Waals surface area contributed by atoms with Gasteiger partial charge in [0.15, 0.2) is 0 Å². The highest BCUT2D eigenvalue weighted by Gasteiger charge is 2.22. The molecule has 2 aromatic heterocycles.